The number of hydrogen-bond donors (Lipinski definition) is 2. The molecule has 0 aliphatic heterocycles. The van der Waals surface area contributed by atoms with Gasteiger partial charge in [0.25, 0.3) is 0 Å². The van der Waals surface area contributed by atoms with Crippen molar-refractivity contribution >= 4 is 5.91 Å². The second-order valence-electron chi connectivity index (χ2n) is 5.37. The molecule has 0 spiro atoms. The number of rotatable bonds is 6. The van der Waals surface area contributed by atoms with Crippen molar-refractivity contribution in [2.75, 3.05) is 6.54 Å². The number of amides is 1. The van der Waals surface area contributed by atoms with Crippen LogP contribution in [0.3, 0.4) is 0 Å². The lowest BCUT2D eigenvalue weighted by molar-refractivity contribution is -0.121. The zero-order valence-corrected chi connectivity index (χ0v) is 11.8. The maximum Gasteiger partial charge on any atom is 0.234 e. The number of carbonyl (C=O) groups is 1. The first-order valence-corrected chi connectivity index (χ1v) is 7.21. The molecule has 1 aromatic heterocycles. The van der Waals surface area contributed by atoms with Crippen LogP contribution in [0.2, 0.25) is 0 Å². The average molecular weight is 264 g/mol. The van der Waals surface area contributed by atoms with E-state index in [1.807, 2.05) is 12.5 Å². The highest BCUT2D eigenvalue weighted by atomic mass is 16.2. The van der Waals surface area contributed by atoms with Crippen molar-refractivity contribution in [2.45, 2.75) is 57.7 Å². The molecule has 1 aromatic rings. The third-order valence-corrected chi connectivity index (χ3v) is 3.96. The van der Waals surface area contributed by atoms with E-state index in [-0.39, 0.29) is 11.9 Å². The third kappa shape index (κ3) is 3.80. The Morgan fingerprint density at radius 3 is 3.05 bits per heavy atom. The number of aromatic nitrogens is 2. The standard InChI is InChI=1S/C14H24N4O/c1-3-11(2)16-9-14(19)17-12-5-4-6-13(12)18-8-7-15-10-18/h7-8,10-13,16H,3-6,9H2,1-2H3,(H,17,19). The van der Waals surface area contributed by atoms with Crippen molar-refractivity contribution in [3.63, 3.8) is 0 Å². The normalized spacial score (nSPS) is 24.3. The molecule has 2 rings (SSSR count). The maximum atomic E-state index is 11.9. The molecule has 5 heteroatoms. The highest BCUT2D eigenvalue weighted by Gasteiger charge is 2.29. The van der Waals surface area contributed by atoms with Gasteiger partial charge in [-0.2, -0.15) is 0 Å². The van der Waals surface area contributed by atoms with Crippen LogP contribution in [-0.4, -0.2) is 34.1 Å². The lowest BCUT2D eigenvalue weighted by atomic mass is 10.1. The van der Waals surface area contributed by atoms with Gasteiger partial charge in [0.1, 0.15) is 0 Å². The number of carbonyl (C=O) groups excluding carboxylic acids is 1. The summed E-state index contributed by atoms with van der Waals surface area (Å²) in [5, 5.41) is 6.37. The minimum Gasteiger partial charge on any atom is -0.350 e. The molecular weight excluding hydrogens is 240 g/mol. The molecule has 1 aliphatic rings. The van der Waals surface area contributed by atoms with E-state index < -0.39 is 0 Å². The summed E-state index contributed by atoms with van der Waals surface area (Å²) in [6.07, 6.45) is 9.97. The van der Waals surface area contributed by atoms with E-state index in [9.17, 15) is 4.79 Å². The van der Waals surface area contributed by atoms with Crippen LogP contribution >= 0.6 is 0 Å². The quantitative estimate of drug-likeness (QED) is 0.818. The van der Waals surface area contributed by atoms with E-state index in [2.05, 4.69) is 34.0 Å². The fourth-order valence-corrected chi connectivity index (χ4v) is 2.60. The summed E-state index contributed by atoms with van der Waals surface area (Å²) in [7, 11) is 0. The predicted molar refractivity (Wildman–Crippen MR) is 74.8 cm³/mol. The van der Waals surface area contributed by atoms with Gasteiger partial charge in [-0.15, -0.1) is 0 Å². The van der Waals surface area contributed by atoms with Gasteiger partial charge in [-0.25, -0.2) is 4.98 Å². The van der Waals surface area contributed by atoms with Crippen LogP contribution in [-0.2, 0) is 4.79 Å². The van der Waals surface area contributed by atoms with Crippen molar-refractivity contribution < 1.29 is 4.79 Å². The lowest BCUT2D eigenvalue weighted by Crippen LogP contribution is -2.44. The van der Waals surface area contributed by atoms with Gasteiger partial charge in [0.05, 0.1) is 18.9 Å². The summed E-state index contributed by atoms with van der Waals surface area (Å²) in [5.74, 6) is 0.0947. The zero-order chi connectivity index (χ0) is 13.7. The molecule has 3 unspecified atom stereocenters. The number of nitrogens with one attached hydrogen (secondary N) is 2. The number of nitrogens with zero attached hydrogens (tertiary/aromatic N) is 2. The number of hydrogen-bond acceptors (Lipinski definition) is 3. The molecule has 106 valence electrons. The first-order chi connectivity index (χ1) is 9.20. The van der Waals surface area contributed by atoms with E-state index in [1.165, 1.54) is 0 Å². The van der Waals surface area contributed by atoms with Crippen LogP contribution in [0.5, 0.6) is 0 Å². The van der Waals surface area contributed by atoms with Crippen molar-refractivity contribution in [1.29, 1.82) is 0 Å². The SMILES string of the molecule is CCC(C)NCC(=O)NC1CCCC1n1ccnc1. The van der Waals surface area contributed by atoms with Crippen molar-refractivity contribution in [1.82, 2.24) is 20.2 Å². The Kier molecular flexibility index (Phi) is 4.96. The Labute approximate surface area is 114 Å². The van der Waals surface area contributed by atoms with Crippen LogP contribution in [0, 0.1) is 0 Å². The monoisotopic (exact) mass is 264 g/mol. The first kappa shape index (κ1) is 14.1. The lowest BCUT2D eigenvalue weighted by Gasteiger charge is -2.22. The molecule has 5 nitrogen and oxygen atoms in total. The van der Waals surface area contributed by atoms with Gasteiger partial charge in [-0.3, -0.25) is 4.79 Å². The maximum absolute atomic E-state index is 11.9. The Balaban J connectivity index is 1.83. The van der Waals surface area contributed by atoms with E-state index in [0.717, 1.165) is 25.7 Å². The van der Waals surface area contributed by atoms with Crippen LogP contribution in [0.1, 0.15) is 45.6 Å². The summed E-state index contributed by atoms with van der Waals surface area (Å²) in [5.41, 5.74) is 0. The van der Waals surface area contributed by atoms with Crippen molar-refractivity contribution in [3.05, 3.63) is 18.7 Å². The molecule has 1 fully saturated rings. The van der Waals surface area contributed by atoms with Crippen LogP contribution in [0.25, 0.3) is 0 Å². The van der Waals surface area contributed by atoms with E-state index in [4.69, 9.17) is 0 Å². The summed E-state index contributed by atoms with van der Waals surface area (Å²) in [6.45, 7) is 4.61. The molecule has 3 atom stereocenters. The largest absolute Gasteiger partial charge is 0.350 e. The summed E-state index contributed by atoms with van der Waals surface area (Å²) >= 11 is 0. The second kappa shape index (κ2) is 6.70. The summed E-state index contributed by atoms with van der Waals surface area (Å²) < 4.78 is 2.11. The minimum absolute atomic E-state index is 0.0947. The zero-order valence-electron chi connectivity index (χ0n) is 11.8. The molecule has 2 N–H and O–H groups in total. The molecule has 0 saturated heterocycles. The van der Waals surface area contributed by atoms with Gasteiger partial charge in [-0.1, -0.05) is 6.92 Å². The molecule has 1 heterocycles. The third-order valence-electron chi connectivity index (χ3n) is 3.96. The molecule has 0 radical (unpaired) electrons. The van der Waals surface area contributed by atoms with Gasteiger partial charge >= 0.3 is 0 Å². The summed E-state index contributed by atoms with van der Waals surface area (Å²) in [6, 6.07) is 0.981. The minimum atomic E-state index is 0.0947. The van der Waals surface area contributed by atoms with Crippen molar-refractivity contribution in [2.24, 2.45) is 0 Å². The summed E-state index contributed by atoms with van der Waals surface area (Å²) in [4.78, 5) is 16.0. The van der Waals surface area contributed by atoms with Crippen molar-refractivity contribution in [3.8, 4) is 0 Å². The predicted octanol–water partition coefficient (Wildman–Crippen LogP) is 1.48. The molecule has 1 amide bonds. The first-order valence-electron chi connectivity index (χ1n) is 7.21. The van der Waals surface area contributed by atoms with Crippen LogP contribution in [0.15, 0.2) is 18.7 Å². The van der Waals surface area contributed by atoms with E-state index in [0.29, 0.717) is 18.6 Å². The molecule has 0 aromatic carbocycles. The average Bonchev–Trinajstić information content (AvgIpc) is 3.05. The van der Waals surface area contributed by atoms with Gasteiger partial charge in [0.15, 0.2) is 0 Å². The molecule has 1 saturated carbocycles. The Bertz CT molecular complexity index is 390. The van der Waals surface area contributed by atoms with Gasteiger partial charge in [0.2, 0.25) is 5.91 Å². The number of imidazole rings is 1. The van der Waals surface area contributed by atoms with Crippen LogP contribution in [0.4, 0.5) is 0 Å². The second-order valence-corrected chi connectivity index (χ2v) is 5.37. The molecule has 1 aliphatic carbocycles. The van der Waals surface area contributed by atoms with Gasteiger partial charge < -0.3 is 15.2 Å². The molecule has 19 heavy (non-hydrogen) atoms. The van der Waals surface area contributed by atoms with E-state index >= 15 is 0 Å². The molecule has 0 bridgehead atoms. The fraction of sp³-hybridized carbons (Fsp3) is 0.714. The Morgan fingerprint density at radius 1 is 1.53 bits per heavy atom. The topological polar surface area (TPSA) is 59.0 Å². The van der Waals surface area contributed by atoms with Crippen LogP contribution < -0.4 is 10.6 Å². The fourth-order valence-electron chi connectivity index (χ4n) is 2.60. The van der Waals surface area contributed by atoms with Gasteiger partial charge in [-0.05, 0) is 32.6 Å². The highest BCUT2D eigenvalue weighted by Crippen LogP contribution is 2.29. The highest BCUT2D eigenvalue weighted by molar-refractivity contribution is 5.78. The molecular formula is C14H24N4O. The Hall–Kier alpha value is -1.36. The Morgan fingerprint density at radius 2 is 2.37 bits per heavy atom. The smallest absolute Gasteiger partial charge is 0.234 e. The van der Waals surface area contributed by atoms with E-state index in [1.54, 1.807) is 6.20 Å². The van der Waals surface area contributed by atoms with Gasteiger partial charge in [0, 0.05) is 24.5 Å².